The maximum absolute atomic E-state index is 11.7. The molecule has 0 rings (SSSR count). The van der Waals surface area contributed by atoms with Gasteiger partial charge in [0, 0.05) is 5.41 Å². The fraction of sp³-hybridized carbons (Fsp3) is 0.842. The van der Waals surface area contributed by atoms with E-state index in [1.54, 1.807) is 6.08 Å². The van der Waals surface area contributed by atoms with Crippen molar-refractivity contribution in [1.29, 1.82) is 0 Å². The van der Waals surface area contributed by atoms with Crippen LogP contribution in [0.5, 0.6) is 0 Å². The van der Waals surface area contributed by atoms with E-state index in [9.17, 15) is 4.79 Å². The van der Waals surface area contributed by atoms with Crippen molar-refractivity contribution in [3.05, 3.63) is 12.2 Å². The molecule has 0 fully saturated rings. The van der Waals surface area contributed by atoms with Gasteiger partial charge >= 0.3 is 0 Å². The van der Waals surface area contributed by atoms with Gasteiger partial charge in [0.05, 0.1) is 0 Å². The average molecular weight is 280 g/mol. The minimum Gasteiger partial charge on any atom is -0.294 e. The van der Waals surface area contributed by atoms with Crippen molar-refractivity contribution in [3.63, 3.8) is 0 Å². The Morgan fingerprint density at radius 1 is 1.00 bits per heavy atom. The van der Waals surface area contributed by atoms with Crippen LogP contribution in [-0.2, 0) is 4.79 Å². The lowest BCUT2D eigenvalue weighted by molar-refractivity contribution is -0.121. The van der Waals surface area contributed by atoms with E-state index in [1.807, 2.05) is 20.8 Å². The molecule has 1 heteroatoms. The summed E-state index contributed by atoms with van der Waals surface area (Å²) in [6.07, 6.45) is 15.6. The van der Waals surface area contributed by atoms with Crippen molar-refractivity contribution in [2.45, 2.75) is 92.4 Å². The van der Waals surface area contributed by atoms with Crippen LogP contribution in [0.25, 0.3) is 0 Å². The van der Waals surface area contributed by atoms with Crippen LogP contribution in [0.4, 0.5) is 0 Å². The zero-order valence-corrected chi connectivity index (χ0v) is 14.5. The van der Waals surface area contributed by atoms with E-state index in [1.165, 1.54) is 51.4 Å². The molecule has 118 valence electrons. The van der Waals surface area contributed by atoms with Gasteiger partial charge in [-0.3, -0.25) is 4.79 Å². The van der Waals surface area contributed by atoms with Gasteiger partial charge in [-0.2, -0.15) is 0 Å². The summed E-state index contributed by atoms with van der Waals surface area (Å²) in [6, 6.07) is 0. The number of unbranched alkanes of at least 4 members (excludes halogenated alkanes) is 6. The minimum absolute atomic E-state index is 0.230. The summed E-state index contributed by atoms with van der Waals surface area (Å²) in [5, 5.41) is 0. The van der Waals surface area contributed by atoms with Crippen LogP contribution >= 0.6 is 0 Å². The van der Waals surface area contributed by atoms with Gasteiger partial charge in [-0.25, -0.2) is 0 Å². The molecule has 0 aromatic rings. The second-order valence-corrected chi connectivity index (χ2v) is 7.23. The van der Waals surface area contributed by atoms with Crippen molar-refractivity contribution in [3.8, 4) is 0 Å². The quantitative estimate of drug-likeness (QED) is 0.319. The standard InChI is InChI=1S/C19H36O/c1-6-17(2)15-13-11-9-7-8-10-12-14-16-18(20)19(3,4)5/h14,16-17H,6-13,15H2,1-5H3/b16-14-. The van der Waals surface area contributed by atoms with E-state index in [0.29, 0.717) is 0 Å². The second kappa shape index (κ2) is 11.1. The van der Waals surface area contributed by atoms with Crippen LogP contribution < -0.4 is 0 Å². The van der Waals surface area contributed by atoms with Gasteiger partial charge in [0.25, 0.3) is 0 Å². The fourth-order valence-electron chi connectivity index (χ4n) is 2.11. The SMILES string of the molecule is CCC(C)CCCCCCCC/C=C\C(=O)C(C)(C)C. The molecular weight excluding hydrogens is 244 g/mol. The molecule has 20 heavy (non-hydrogen) atoms. The van der Waals surface area contributed by atoms with E-state index >= 15 is 0 Å². The zero-order valence-electron chi connectivity index (χ0n) is 14.5. The number of hydrogen-bond donors (Lipinski definition) is 0. The second-order valence-electron chi connectivity index (χ2n) is 7.23. The Hall–Kier alpha value is -0.590. The maximum atomic E-state index is 11.7. The number of carbonyl (C=O) groups is 1. The van der Waals surface area contributed by atoms with Crippen molar-refractivity contribution in [1.82, 2.24) is 0 Å². The van der Waals surface area contributed by atoms with Gasteiger partial charge in [0.1, 0.15) is 0 Å². The van der Waals surface area contributed by atoms with Crippen molar-refractivity contribution < 1.29 is 4.79 Å². The van der Waals surface area contributed by atoms with Gasteiger partial charge in [-0.15, -0.1) is 0 Å². The number of allylic oxidation sites excluding steroid dienone is 2. The lowest BCUT2D eigenvalue weighted by Gasteiger charge is -2.12. The van der Waals surface area contributed by atoms with E-state index in [-0.39, 0.29) is 11.2 Å². The highest BCUT2D eigenvalue weighted by molar-refractivity contribution is 5.93. The van der Waals surface area contributed by atoms with Gasteiger partial charge in [0.2, 0.25) is 0 Å². The molecule has 0 saturated heterocycles. The summed E-state index contributed by atoms with van der Waals surface area (Å²) < 4.78 is 0. The van der Waals surface area contributed by atoms with Crippen LogP contribution in [0.3, 0.4) is 0 Å². The first kappa shape index (κ1) is 19.4. The third kappa shape index (κ3) is 11.3. The normalized spacial score (nSPS) is 13.8. The Morgan fingerprint density at radius 2 is 1.55 bits per heavy atom. The molecule has 0 heterocycles. The maximum Gasteiger partial charge on any atom is 0.160 e. The van der Waals surface area contributed by atoms with Crippen molar-refractivity contribution in [2.75, 3.05) is 0 Å². The highest BCUT2D eigenvalue weighted by Crippen LogP contribution is 2.16. The van der Waals surface area contributed by atoms with Crippen molar-refractivity contribution >= 4 is 5.78 Å². The summed E-state index contributed by atoms with van der Waals surface area (Å²) in [4.78, 5) is 11.7. The van der Waals surface area contributed by atoms with Crippen LogP contribution in [-0.4, -0.2) is 5.78 Å². The van der Waals surface area contributed by atoms with E-state index in [2.05, 4.69) is 19.9 Å². The molecule has 0 aliphatic carbocycles. The van der Waals surface area contributed by atoms with E-state index < -0.39 is 0 Å². The molecule has 0 amide bonds. The molecule has 0 aromatic heterocycles. The highest BCUT2D eigenvalue weighted by atomic mass is 16.1. The number of ketones is 1. The highest BCUT2D eigenvalue weighted by Gasteiger charge is 2.17. The third-order valence-corrected chi connectivity index (χ3v) is 4.02. The molecular formula is C19H36O. The molecule has 1 unspecified atom stereocenters. The molecule has 0 saturated carbocycles. The molecule has 0 radical (unpaired) electrons. The Balaban J connectivity index is 3.37. The summed E-state index contributed by atoms with van der Waals surface area (Å²) >= 11 is 0. The number of hydrogen-bond acceptors (Lipinski definition) is 1. The smallest absolute Gasteiger partial charge is 0.160 e. The van der Waals surface area contributed by atoms with Crippen LogP contribution in [0, 0.1) is 11.3 Å². The molecule has 1 atom stereocenters. The summed E-state index contributed by atoms with van der Waals surface area (Å²) in [5.74, 6) is 1.14. The largest absolute Gasteiger partial charge is 0.294 e. The van der Waals surface area contributed by atoms with Crippen molar-refractivity contribution in [2.24, 2.45) is 11.3 Å². The third-order valence-electron chi connectivity index (χ3n) is 4.02. The monoisotopic (exact) mass is 280 g/mol. The molecule has 0 bridgehead atoms. The van der Waals surface area contributed by atoms with Gasteiger partial charge in [0.15, 0.2) is 5.78 Å². The Morgan fingerprint density at radius 3 is 2.10 bits per heavy atom. The minimum atomic E-state index is -0.230. The average Bonchev–Trinajstić information content (AvgIpc) is 2.39. The first-order chi connectivity index (χ1) is 9.38. The molecule has 0 aliphatic heterocycles. The van der Waals surface area contributed by atoms with Crippen LogP contribution in [0.1, 0.15) is 92.4 Å². The van der Waals surface area contributed by atoms with E-state index in [0.717, 1.165) is 12.3 Å². The van der Waals surface area contributed by atoms with E-state index in [4.69, 9.17) is 0 Å². The fourth-order valence-corrected chi connectivity index (χ4v) is 2.11. The van der Waals surface area contributed by atoms with Crippen LogP contribution in [0.2, 0.25) is 0 Å². The summed E-state index contributed by atoms with van der Waals surface area (Å²) in [6.45, 7) is 10.5. The molecule has 1 nitrogen and oxygen atoms in total. The number of rotatable bonds is 11. The summed E-state index contributed by atoms with van der Waals surface area (Å²) in [5.41, 5.74) is -0.230. The Bertz CT molecular complexity index is 270. The van der Waals surface area contributed by atoms with Crippen LogP contribution in [0.15, 0.2) is 12.2 Å². The first-order valence-corrected chi connectivity index (χ1v) is 8.59. The lowest BCUT2D eigenvalue weighted by atomic mass is 9.90. The summed E-state index contributed by atoms with van der Waals surface area (Å²) in [7, 11) is 0. The molecule has 0 N–H and O–H groups in total. The van der Waals surface area contributed by atoms with Gasteiger partial charge in [-0.05, 0) is 24.8 Å². The predicted octanol–water partition coefficient (Wildman–Crippen LogP) is 6.32. The Labute approximate surface area is 127 Å². The van der Waals surface area contributed by atoms with Gasteiger partial charge in [-0.1, -0.05) is 85.6 Å². The molecule has 0 aliphatic rings. The zero-order chi connectivity index (χ0) is 15.4. The Kier molecular flexibility index (Phi) is 10.8. The lowest BCUT2D eigenvalue weighted by Crippen LogP contribution is -2.17. The molecule has 0 aromatic carbocycles. The van der Waals surface area contributed by atoms with Gasteiger partial charge < -0.3 is 0 Å². The topological polar surface area (TPSA) is 17.1 Å². The first-order valence-electron chi connectivity index (χ1n) is 8.59. The number of carbonyl (C=O) groups excluding carboxylic acids is 1. The predicted molar refractivity (Wildman–Crippen MR) is 90.0 cm³/mol. The molecule has 0 spiro atoms.